The number of anilines is 2. The number of carbonyl (C=O) groups is 1. The monoisotopic (exact) mass is 631 g/mol. The number of fused-ring (bicyclic) bond motifs is 7. The molecule has 2 spiro atoms. The smallest absolute Gasteiger partial charge is 0.281 e. The van der Waals surface area contributed by atoms with Crippen molar-refractivity contribution in [3.05, 3.63) is 48.2 Å². The standard InChI is InChI=1S/C33H41N7O4S/c1-21-9-16-34-25-5-4-6-28(35-25)45(42,43)38-30(41)23-7-8-26(36-29(23)39-20-22(21)19-31(39,2)3)40-17-10-27(37-40)44-18-11-24-32(12-13-32)33(24)14-15-33/h4-8,10,17,21-22,24H,9,11-16,18-20H2,1-3H3,(H,34,35)(H,38,41)/t21-,22?/m0/s1. The second-order valence-corrected chi connectivity index (χ2v) is 16.1. The summed E-state index contributed by atoms with van der Waals surface area (Å²) in [4.78, 5) is 25.1. The van der Waals surface area contributed by atoms with Gasteiger partial charge in [-0.25, -0.2) is 19.4 Å². The van der Waals surface area contributed by atoms with Crippen LogP contribution in [-0.2, 0) is 10.0 Å². The molecule has 0 radical (unpaired) electrons. The number of ether oxygens (including phenoxy) is 1. The van der Waals surface area contributed by atoms with E-state index in [0.29, 0.717) is 65.7 Å². The van der Waals surface area contributed by atoms with E-state index in [1.165, 1.54) is 31.7 Å². The van der Waals surface area contributed by atoms with Gasteiger partial charge in [0.25, 0.3) is 15.9 Å². The molecule has 2 aliphatic heterocycles. The largest absolute Gasteiger partial charge is 0.477 e. The molecule has 3 aromatic rings. The number of hydrogen-bond donors (Lipinski definition) is 2. The molecule has 1 saturated heterocycles. The molecule has 2 N–H and O–H groups in total. The van der Waals surface area contributed by atoms with Gasteiger partial charge >= 0.3 is 0 Å². The highest BCUT2D eigenvalue weighted by Crippen LogP contribution is 2.93. The average Bonchev–Trinajstić information content (AvgIpc) is 3.96. The number of aromatic nitrogens is 4. The van der Waals surface area contributed by atoms with Crippen LogP contribution in [0, 0.1) is 28.6 Å². The fraction of sp³-hybridized carbons (Fsp3) is 0.576. The Labute approximate surface area is 264 Å². The van der Waals surface area contributed by atoms with Crippen LogP contribution in [0.1, 0.15) is 76.1 Å². The van der Waals surface area contributed by atoms with Crippen molar-refractivity contribution in [1.82, 2.24) is 24.5 Å². The molecule has 2 atom stereocenters. The summed E-state index contributed by atoms with van der Waals surface area (Å²) in [6.07, 6.45) is 10.3. The summed E-state index contributed by atoms with van der Waals surface area (Å²) in [5, 5.41) is 7.69. The van der Waals surface area contributed by atoms with Gasteiger partial charge in [-0.05, 0) is 112 Å². The van der Waals surface area contributed by atoms with Gasteiger partial charge in [0.2, 0.25) is 5.88 Å². The molecule has 3 saturated carbocycles. The minimum Gasteiger partial charge on any atom is -0.477 e. The number of nitrogens with zero attached hydrogens (tertiary/aromatic N) is 5. The van der Waals surface area contributed by atoms with Crippen LogP contribution in [0.5, 0.6) is 5.88 Å². The maximum absolute atomic E-state index is 13.7. The molecule has 3 aromatic heterocycles. The highest BCUT2D eigenvalue weighted by molar-refractivity contribution is 7.90. The Hall–Kier alpha value is -3.67. The summed E-state index contributed by atoms with van der Waals surface area (Å²) >= 11 is 0. The summed E-state index contributed by atoms with van der Waals surface area (Å²) in [5.41, 5.74) is 1.20. The minimum absolute atomic E-state index is 0.184. The summed E-state index contributed by atoms with van der Waals surface area (Å²) < 4.78 is 36.5. The molecule has 5 aliphatic rings. The lowest BCUT2D eigenvalue weighted by atomic mass is 9.86. The van der Waals surface area contributed by atoms with E-state index in [0.717, 1.165) is 25.2 Å². The molecule has 1 amide bonds. The van der Waals surface area contributed by atoms with E-state index in [9.17, 15) is 13.2 Å². The van der Waals surface area contributed by atoms with Crippen LogP contribution in [0.25, 0.3) is 5.82 Å². The van der Waals surface area contributed by atoms with E-state index in [-0.39, 0.29) is 16.1 Å². The highest BCUT2D eigenvalue weighted by Gasteiger charge is 2.85. The molecule has 4 bridgehead atoms. The summed E-state index contributed by atoms with van der Waals surface area (Å²) in [6.45, 7) is 8.57. The van der Waals surface area contributed by atoms with Gasteiger partial charge in [-0.2, -0.15) is 8.42 Å². The highest BCUT2D eigenvalue weighted by atomic mass is 32.2. The molecule has 1 unspecified atom stereocenters. The third-order valence-corrected chi connectivity index (χ3v) is 12.7. The number of pyridine rings is 2. The van der Waals surface area contributed by atoms with Crippen LogP contribution in [0.15, 0.2) is 47.6 Å². The number of sulfonamides is 1. The van der Waals surface area contributed by atoms with E-state index >= 15 is 0 Å². The maximum atomic E-state index is 13.7. The van der Waals surface area contributed by atoms with Gasteiger partial charge in [0, 0.05) is 30.9 Å². The zero-order chi connectivity index (χ0) is 31.2. The van der Waals surface area contributed by atoms with Crippen molar-refractivity contribution in [2.45, 2.75) is 76.3 Å². The first-order valence-corrected chi connectivity index (χ1v) is 17.8. The topological polar surface area (TPSA) is 131 Å². The normalized spacial score (nSPS) is 26.7. The molecular weight excluding hydrogens is 590 g/mol. The van der Waals surface area contributed by atoms with Gasteiger partial charge in [-0.15, -0.1) is 5.10 Å². The van der Waals surface area contributed by atoms with Crippen molar-refractivity contribution >= 4 is 27.6 Å². The van der Waals surface area contributed by atoms with Gasteiger partial charge in [-0.3, -0.25) is 4.79 Å². The Morgan fingerprint density at radius 3 is 2.58 bits per heavy atom. The number of amides is 1. The predicted molar refractivity (Wildman–Crippen MR) is 169 cm³/mol. The Bertz CT molecular complexity index is 1760. The summed E-state index contributed by atoms with van der Waals surface area (Å²) in [5.74, 6) is 2.78. The first-order chi connectivity index (χ1) is 21.5. The van der Waals surface area contributed by atoms with Gasteiger partial charge < -0.3 is 15.0 Å². The van der Waals surface area contributed by atoms with Gasteiger partial charge in [0.05, 0.1) is 12.2 Å². The Morgan fingerprint density at radius 2 is 1.82 bits per heavy atom. The van der Waals surface area contributed by atoms with Crippen molar-refractivity contribution in [3.63, 3.8) is 0 Å². The van der Waals surface area contributed by atoms with Crippen molar-refractivity contribution in [1.29, 1.82) is 0 Å². The van der Waals surface area contributed by atoms with Crippen LogP contribution in [0.3, 0.4) is 0 Å². The first kappa shape index (κ1) is 28.8. The Morgan fingerprint density at radius 1 is 1.04 bits per heavy atom. The SMILES string of the molecule is C[C@H]1CCNc2cccc(n2)S(=O)(=O)NC(=O)c2ccc(-n3ccc(OCCC4C5(CC5)C45CC5)n3)nc2N2CC1CC2(C)C. The van der Waals surface area contributed by atoms with Gasteiger partial charge in [-0.1, -0.05) is 13.0 Å². The van der Waals surface area contributed by atoms with E-state index in [4.69, 9.17) is 9.72 Å². The van der Waals surface area contributed by atoms with Crippen molar-refractivity contribution < 1.29 is 17.9 Å². The van der Waals surface area contributed by atoms with E-state index in [2.05, 4.69) is 45.8 Å². The van der Waals surface area contributed by atoms with Gasteiger partial charge in [0.1, 0.15) is 11.6 Å². The van der Waals surface area contributed by atoms with Crippen molar-refractivity contribution in [2.75, 3.05) is 29.9 Å². The van der Waals surface area contributed by atoms with Crippen LogP contribution < -0.4 is 19.7 Å². The zero-order valence-electron chi connectivity index (χ0n) is 26.1. The third-order valence-electron chi connectivity index (χ3n) is 11.5. The van der Waals surface area contributed by atoms with Crippen LogP contribution in [0.4, 0.5) is 11.6 Å². The molecule has 5 heterocycles. The van der Waals surface area contributed by atoms with Gasteiger partial charge in [0.15, 0.2) is 10.8 Å². The molecule has 238 valence electrons. The zero-order valence-corrected chi connectivity index (χ0v) is 26.9. The number of hydrogen-bond acceptors (Lipinski definition) is 9. The third kappa shape index (κ3) is 4.78. The average molecular weight is 632 g/mol. The van der Waals surface area contributed by atoms with E-state index in [1.54, 1.807) is 28.9 Å². The second kappa shape index (κ2) is 9.91. The van der Waals surface area contributed by atoms with Crippen LogP contribution in [0.2, 0.25) is 0 Å². The number of carbonyl (C=O) groups excluding carboxylic acids is 1. The molecule has 11 nitrogen and oxygen atoms in total. The molecular formula is C33H41N7O4S. The Kier molecular flexibility index (Phi) is 6.34. The van der Waals surface area contributed by atoms with Crippen LogP contribution >= 0.6 is 0 Å². The second-order valence-electron chi connectivity index (χ2n) is 14.5. The fourth-order valence-electron chi connectivity index (χ4n) is 8.71. The maximum Gasteiger partial charge on any atom is 0.281 e. The predicted octanol–water partition coefficient (Wildman–Crippen LogP) is 4.80. The summed E-state index contributed by atoms with van der Waals surface area (Å²) in [6, 6.07) is 9.91. The lowest BCUT2D eigenvalue weighted by Crippen LogP contribution is -2.41. The summed E-state index contributed by atoms with van der Waals surface area (Å²) in [7, 11) is -4.23. The molecule has 8 rings (SSSR count). The Balaban J connectivity index is 1.09. The fourth-order valence-corrected chi connectivity index (χ4v) is 9.64. The quantitative estimate of drug-likeness (QED) is 0.408. The van der Waals surface area contributed by atoms with Crippen LogP contribution in [-0.4, -0.2) is 59.3 Å². The number of nitrogens with one attached hydrogen (secondary N) is 2. The van der Waals surface area contributed by atoms with E-state index in [1.807, 2.05) is 12.3 Å². The molecule has 12 heteroatoms. The van der Waals surface area contributed by atoms with E-state index < -0.39 is 15.9 Å². The molecule has 4 fully saturated rings. The number of rotatable bonds is 5. The molecule has 3 aliphatic carbocycles. The molecule has 45 heavy (non-hydrogen) atoms. The minimum atomic E-state index is -4.23. The lowest BCUT2D eigenvalue weighted by molar-refractivity contribution is 0.0981. The van der Waals surface area contributed by atoms with Crippen molar-refractivity contribution in [2.24, 2.45) is 28.6 Å². The van der Waals surface area contributed by atoms with Crippen molar-refractivity contribution in [3.8, 4) is 11.7 Å². The lowest BCUT2D eigenvalue weighted by Gasteiger charge is -2.34. The molecule has 0 aromatic carbocycles. The first-order valence-electron chi connectivity index (χ1n) is 16.3.